The van der Waals surface area contributed by atoms with Gasteiger partial charge in [-0.3, -0.25) is 14.9 Å². The summed E-state index contributed by atoms with van der Waals surface area (Å²) in [6.07, 6.45) is 1.25. The van der Waals surface area contributed by atoms with E-state index in [1.165, 1.54) is 36.4 Å². The number of carboxylic acids is 1. The van der Waals surface area contributed by atoms with Gasteiger partial charge in [0, 0.05) is 11.6 Å². The number of nitrogens with one attached hydrogen (secondary N) is 1. The first-order chi connectivity index (χ1) is 14.8. The standard InChI is InChI=1S/C22H15ClN2O6/c23-17-10-5-11-19(25(29)30)20(17)31-16-9-4-6-14(12-16)13-18(22(27)28)24-21(26)15-7-2-1-3-8-15/h1-13H,(H,24,26)(H,27,28)/b18-13+. The summed E-state index contributed by atoms with van der Waals surface area (Å²) in [7, 11) is 0. The Balaban J connectivity index is 1.88. The number of para-hydroxylation sites is 1. The lowest BCUT2D eigenvalue weighted by molar-refractivity contribution is -0.385. The van der Waals surface area contributed by atoms with Crippen LogP contribution in [-0.2, 0) is 4.79 Å². The summed E-state index contributed by atoms with van der Waals surface area (Å²) >= 11 is 6.04. The third kappa shape index (κ3) is 5.46. The van der Waals surface area contributed by atoms with Crippen molar-refractivity contribution in [1.82, 2.24) is 5.32 Å². The molecule has 3 aromatic rings. The molecule has 0 saturated carbocycles. The van der Waals surface area contributed by atoms with Crippen LogP contribution in [0.1, 0.15) is 15.9 Å². The molecule has 3 aromatic carbocycles. The lowest BCUT2D eigenvalue weighted by Crippen LogP contribution is -2.27. The van der Waals surface area contributed by atoms with E-state index in [9.17, 15) is 24.8 Å². The van der Waals surface area contributed by atoms with Crippen LogP contribution in [0.3, 0.4) is 0 Å². The van der Waals surface area contributed by atoms with E-state index >= 15 is 0 Å². The lowest BCUT2D eigenvalue weighted by atomic mass is 10.1. The minimum absolute atomic E-state index is 0.0523. The van der Waals surface area contributed by atoms with Crippen molar-refractivity contribution in [3.63, 3.8) is 0 Å². The zero-order valence-electron chi connectivity index (χ0n) is 15.8. The molecule has 0 fully saturated rings. The number of nitrogens with zero attached hydrogens (tertiary/aromatic N) is 1. The monoisotopic (exact) mass is 438 g/mol. The third-order valence-electron chi connectivity index (χ3n) is 4.05. The highest BCUT2D eigenvalue weighted by Gasteiger charge is 2.19. The molecule has 0 aliphatic carbocycles. The number of halogens is 1. The quantitative estimate of drug-likeness (QED) is 0.308. The van der Waals surface area contributed by atoms with Gasteiger partial charge in [0.2, 0.25) is 5.75 Å². The van der Waals surface area contributed by atoms with Crippen LogP contribution >= 0.6 is 11.6 Å². The molecule has 156 valence electrons. The number of nitro groups is 1. The number of ether oxygens (including phenoxy) is 1. The molecular formula is C22H15ClN2O6. The van der Waals surface area contributed by atoms with Crippen LogP contribution in [0.25, 0.3) is 6.08 Å². The van der Waals surface area contributed by atoms with Crippen LogP contribution < -0.4 is 10.1 Å². The summed E-state index contributed by atoms with van der Waals surface area (Å²) in [4.78, 5) is 34.5. The smallest absolute Gasteiger partial charge is 0.352 e. The van der Waals surface area contributed by atoms with Gasteiger partial charge in [-0.1, -0.05) is 48.0 Å². The average Bonchev–Trinajstić information content (AvgIpc) is 2.75. The number of benzene rings is 3. The van der Waals surface area contributed by atoms with Crippen molar-refractivity contribution >= 4 is 35.2 Å². The van der Waals surface area contributed by atoms with Gasteiger partial charge in [-0.05, 0) is 42.0 Å². The first-order valence-electron chi connectivity index (χ1n) is 8.87. The normalized spacial score (nSPS) is 10.9. The molecule has 0 atom stereocenters. The fourth-order valence-corrected chi connectivity index (χ4v) is 2.84. The van der Waals surface area contributed by atoms with Crippen molar-refractivity contribution in [2.45, 2.75) is 0 Å². The van der Waals surface area contributed by atoms with E-state index in [0.717, 1.165) is 0 Å². The molecule has 0 aliphatic rings. The van der Waals surface area contributed by atoms with Crippen LogP contribution in [0.2, 0.25) is 5.02 Å². The molecule has 8 nitrogen and oxygen atoms in total. The average molecular weight is 439 g/mol. The van der Waals surface area contributed by atoms with Crippen molar-refractivity contribution in [3.8, 4) is 11.5 Å². The van der Waals surface area contributed by atoms with Gasteiger partial charge in [0.1, 0.15) is 11.4 Å². The maximum absolute atomic E-state index is 12.3. The number of nitro benzene ring substituents is 1. The third-order valence-corrected chi connectivity index (χ3v) is 4.34. The van der Waals surface area contributed by atoms with Crippen molar-refractivity contribution in [2.24, 2.45) is 0 Å². The van der Waals surface area contributed by atoms with Gasteiger partial charge in [0.15, 0.2) is 0 Å². The van der Waals surface area contributed by atoms with Gasteiger partial charge < -0.3 is 15.2 Å². The molecule has 0 aliphatic heterocycles. The van der Waals surface area contributed by atoms with Crippen molar-refractivity contribution in [3.05, 3.63) is 105 Å². The molecule has 0 bridgehead atoms. The highest BCUT2D eigenvalue weighted by Crippen LogP contribution is 2.37. The van der Waals surface area contributed by atoms with Crippen LogP contribution in [0, 0.1) is 10.1 Å². The summed E-state index contributed by atoms with van der Waals surface area (Å²) < 4.78 is 5.60. The number of rotatable bonds is 7. The molecule has 9 heteroatoms. The molecule has 0 heterocycles. The second-order valence-corrected chi connectivity index (χ2v) is 6.61. The minimum atomic E-state index is -1.34. The molecule has 0 radical (unpaired) electrons. The van der Waals surface area contributed by atoms with E-state index in [2.05, 4.69) is 5.32 Å². The predicted octanol–water partition coefficient (Wildman–Crippen LogP) is 4.90. The number of carbonyl (C=O) groups excluding carboxylic acids is 1. The summed E-state index contributed by atoms with van der Waals surface area (Å²) in [5, 5.41) is 23.1. The Kier molecular flexibility index (Phi) is 6.64. The molecular weight excluding hydrogens is 424 g/mol. The molecule has 31 heavy (non-hydrogen) atoms. The Hall–Kier alpha value is -4.17. The number of hydrogen-bond acceptors (Lipinski definition) is 5. The van der Waals surface area contributed by atoms with Crippen LogP contribution in [0.5, 0.6) is 11.5 Å². The van der Waals surface area contributed by atoms with Gasteiger partial charge in [0.05, 0.1) is 9.95 Å². The molecule has 0 aromatic heterocycles. The van der Waals surface area contributed by atoms with E-state index in [1.54, 1.807) is 42.5 Å². The van der Waals surface area contributed by atoms with E-state index in [1.807, 2.05) is 0 Å². The highest BCUT2D eigenvalue weighted by molar-refractivity contribution is 6.32. The Morgan fingerprint density at radius 3 is 2.42 bits per heavy atom. The minimum Gasteiger partial charge on any atom is -0.477 e. The lowest BCUT2D eigenvalue weighted by Gasteiger charge is -2.09. The maximum Gasteiger partial charge on any atom is 0.352 e. The van der Waals surface area contributed by atoms with E-state index in [-0.39, 0.29) is 27.9 Å². The SMILES string of the molecule is O=C(O)/C(=C\c1cccc(Oc2c(Cl)cccc2[N+](=O)[O-])c1)NC(=O)c1ccccc1. The Morgan fingerprint density at radius 2 is 1.74 bits per heavy atom. The van der Waals surface area contributed by atoms with Crippen molar-refractivity contribution in [2.75, 3.05) is 0 Å². The second kappa shape index (κ2) is 9.55. The maximum atomic E-state index is 12.3. The Morgan fingerprint density at radius 1 is 1.03 bits per heavy atom. The summed E-state index contributed by atoms with van der Waals surface area (Å²) in [6.45, 7) is 0. The number of carbonyl (C=O) groups is 2. The molecule has 1 amide bonds. The van der Waals surface area contributed by atoms with Gasteiger partial charge >= 0.3 is 11.7 Å². The largest absolute Gasteiger partial charge is 0.477 e. The Labute approximate surface area is 181 Å². The van der Waals surface area contributed by atoms with Crippen LogP contribution in [0.4, 0.5) is 5.69 Å². The molecule has 0 unspecified atom stereocenters. The van der Waals surface area contributed by atoms with Crippen molar-refractivity contribution < 1.29 is 24.4 Å². The van der Waals surface area contributed by atoms with Gasteiger partial charge in [-0.2, -0.15) is 0 Å². The summed E-state index contributed by atoms with van der Waals surface area (Å²) in [5.74, 6) is -1.85. The van der Waals surface area contributed by atoms with Gasteiger partial charge in [-0.15, -0.1) is 0 Å². The van der Waals surface area contributed by atoms with Crippen LogP contribution in [-0.4, -0.2) is 21.9 Å². The van der Waals surface area contributed by atoms with E-state index in [4.69, 9.17) is 16.3 Å². The molecule has 0 saturated heterocycles. The first kappa shape index (κ1) is 21.5. The van der Waals surface area contributed by atoms with E-state index in [0.29, 0.717) is 11.1 Å². The predicted molar refractivity (Wildman–Crippen MR) is 114 cm³/mol. The number of hydrogen-bond donors (Lipinski definition) is 2. The van der Waals surface area contributed by atoms with Gasteiger partial charge in [0.25, 0.3) is 5.91 Å². The fraction of sp³-hybridized carbons (Fsp3) is 0. The van der Waals surface area contributed by atoms with Crippen LogP contribution in [0.15, 0.2) is 78.5 Å². The summed E-state index contributed by atoms with van der Waals surface area (Å²) in [5.41, 5.74) is 0.0280. The van der Waals surface area contributed by atoms with Crippen molar-refractivity contribution in [1.29, 1.82) is 0 Å². The first-order valence-corrected chi connectivity index (χ1v) is 9.25. The molecule has 2 N–H and O–H groups in total. The number of amides is 1. The molecule has 0 spiro atoms. The zero-order chi connectivity index (χ0) is 22.4. The second-order valence-electron chi connectivity index (χ2n) is 6.20. The zero-order valence-corrected chi connectivity index (χ0v) is 16.6. The number of carboxylic acid groups (broad SMARTS) is 1. The Bertz CT molecular complexity index is 1180. The number of aliphatic carboxylic acids is 1. The topological polar surface area (TPSA) is 119 Å². The van der Waals surface area contributed by atoms with E-state index < -0.39 is 16.8 Å². The van der Waals surface area contributed by atoms with Gasteiger partial charge in [-0.25, -0.2) is 4.79 Å². The summed E-state index contributed by atoms with van der Waals surface area (Å²) in [6, 6.07) is 18.5. The highest BCUT2D eigenvalue weighted by atomic mass is 35.5. The fourth-order valence-electron chi connectivity index (χ4n) is 2.63. The molecule has 3 rings (SSSR count).